The molecule has 20 heavy (non-hydrogen) atoms. The minimum absolute atomic E-state index is 0.0206. The summed E-state index contributed by atoms with van der Waals surface area (Å²) in [7, 11) is 0. The summed E-state index contributed by atoms with van der Waals surface area (Å²) in [4.78, 5) is 15.9. The van der Waals surface area contributed by atoms with Gasteiger partial charge in [0.2, 0.25) is 0 Å². The van der Waals surface area contributed by atoms with Crippen LogP contribution in [0, 0.1) is 0 Å². The number of amides is 1. The smallest absolute Gasteiger partial charge is 0.255 e. The van der Waals surface area contributed by atoms with Crippen molar-refractivity contribution < 1.29 is 4.79 Å². The van der Waals surface area contributed by atoms with E-state index >= 15 is 0 Å². The van der Waals surface area contributed by atoms with Crippen molar-refractivity contribution in [2.24, 2.45) is 0 Å². The third kappa shape index (κ3) is 2.65. The van der Waals surface area contributed by atoms with E-state index in [9.17, 15) is 4.79 Å². The Kier molecular flexibility index (Phi) is 4.15. The molecule has 1 aliphatic heterocycles. The van der Waals surface area contributed by atoms with E-state index in [0.29, 0.717) is 10.6 Å². The highest BCUT2D eigenvalue weighted by Gasteiger charge is 2.32. The van der Waals surface area contributed by atoms with Gasteiger partial charge in [0.25, 0.3) is 5.91 Å². The summed E-state index contributed by atoms with van der Waals surface area (Å²) in [6, 6.07) is 9.73. The lowest BCUT2D eigenvalue weighted by atomic mass is 10.1. The van der Waals surface area contributed by atoms with E-state index in [1.807, 2.05) is 17.0 Å². The molecule has 0 spiro atoms. The van der Waals surface area contributed by atoms with Crippen LogP contribution in [0.1, 0.15) is 34.1 Å². The fourth-order valence-corrected chi connectivity index (χ4v) is 4.04. The molecule has 1 aliphatic rings. The number of hydrogen-bond acceptors (Lipinski definition) is 2. The van der Waals surface area contributed by atoms with Gasteiger partial charge in [-0.3, -0.25) is 4.79 Å². The van der Waals surface area contributed by atoms with Crippen LogP contribution < -0.4 is 0 Å². The van der Waals surface area contributed by atoms with E-state index in [0.717, 1.165) is 23.9 Å². The molecule has 0 unspecified atom stereocenters. The van der Waals surface area contributed by atoms with Crippen LogP contribution in [-0.4, -0.2) is 17.4 Å². The number of hydrogen-bond donors (Lipinski definition) is 0. The first-order valence-electron chi connectivity index (χ1n) is 6.46. The van der Waals surface area contributed by atoms with Gasteiger partial charge in [-0.05, 0) is 42.5 Å². The molecular formula is C15H13BrClNOS. The number of benzene rings is 1. The number of thiophene rings is 1. The molecule has 1 fully saturated rings. The summed E-state index contributed by atoms with van der Waals surface area (Å²) < 4.78 is 0.872. The van der Waals surface area contributed by atoms with Gasteiger partial charge in [-0.2, -0.15) is 0 Å². The summed E-state index contributed by atoms with van der Waals surface area (Å²) in [6.45, 7) is 0.796. The highest BCUT2D eigenvalue weighted by molar-refractivity contribution is 9.10. The normalized spacial score (nSPS) is 18.5. The maximum atomic E-state index is 12.8. The van der Waals surface area contributed by atoms with Crippen molar-refractivity contribution in [3.05, 3.63) is 55.6 Å². The quantitative estimate of drug-likeness (QED) is 0.716. The molecule has 0 N–H and O–H groups in total. The lowest BCUT2D eigenvalue weighted by Gasteiger charge is -2.24. The molecule has 0 bridgehead atoms. The fourth-order valence-electron chi connectivity index (χ4n) is 2.60. The fraction of sp³-hybridized carbons (Fsp3) is 0.267. The Labute approximate surface area is 135 Å². The molecule has 1 amide bonds. The van der Waals surface area contributed by atoms with Crippen LogP contribution in [0.15, 0.2) is 40.2 Å². The predicted molar refractivity (Wildman–Crippen MR) is 86.5 cm³/mol. The molecular weight excluding hydrogens is 358 g/mol. The summed E-state index contributed by atoms with van der Waals surface area (Å²) in [6.07, 6.45) is 2.07. The van der Waals surface area contributed by atoms with Gasteiger partial charge in [0.05, 0.1) is 16.6 Å². The van der Waals surface area contributed by atoms with Gasteiger partial charge in [0.15, 0.2) is 0 Å². The summed E-state index contributed by atoms with van der Waals surface area (Å²) in [5.74, 6) is 0.0206. The molecule has 1 atom stereocenters. The van der Waals surface area contributed by atoms with E-state index in [-0.39, 0.29) is 11.9 Å². The van der Waals surface area contributed by atoms with Crippen LogP contribution in [0.4, 0.5) is 0 Å². The molecule has 2 heterocycles. The lowest BCUT2D eigenvalue weighted by Crippen LogP contribution is -2.30. The van der Waals surface area contributed by atoms with Gasteiger partial charge in [-0.15, -0.1) is 11.3 Å². The Morgan fingerprint density at radius 3 is 3.00 bits per heavy atom. The number of halogens is 2. The van der Waals surface area contributed by atoms with E-state index in [1.165, 1.54) is 4.88 Å². The van der Waals surface area contributed by atoms with Crippen LogP contribution in [0.2, 0.25) is 5.02 Å². The second-order valence-electron chi connectivity index (χ2n) is 4.80. The Bertz CT molecular complexity index is 629. The molecule has 0 radical (unpaired) electrons. The van der Waals surface area contributed by atoms with E-state index in [4.69, 9.17) is 11.6 Å². The first kappa shape index (κ1) is 14.1. The highest BCUT2D eigenvalue weighted by Crippen LogP contribution is 2.36. The molecule has 3 rings (SSSR count). The van der Waals surface area contributed by atoms with Crippen LogP contribution in [0.25, 0.3) is 0 Å². The minimum atomic E-state index is 0.0206. The van der Waals surface area contributed by atoms with Gasteiger partial charge < -0.3 is 4.90 Å². The molecule has 0 saturated carbocycles. The Morgan fingerprint density at radius 2 is 2.25 bits per heavy atom. The van der Waals surface area contributed by atoms with Crippen molar-refractivity contribution in [3.8, 4) is 0 Å². The summed E-state index contributed by atoms with van der Waals surface area (Å²) >= 11 is 11.3. The standard InChI is InChI=1S/C15H13BrClNOS/c16-10-5-6-12(17)11(9-10)15(19)18-7-1-3-13(18)14-4-2-8-20-14/h2,4-6,8-9,13H,1,3,7H2/t13-/m1/s1. The molecule has 2 aromatic rings. The Balaban J connectivity index is 1.91. The first-order chi connectivity index (χ1) is 9.66. The molecule has 1 saturated heterocycles. The Morgan fingerprint density at radius 1 is 1.40 bits per heavy atom. The summed E-state index contributed by atoms with van der Waals surface area (Å²) in [5.41, 5.74) is 0.574. The average molecular weight is 371 g/mol. The van der Waals surface area contributed by atoms with E-state index in [1.54, 1.807) is 23.5 Å². The number of carbonyl (C=O) groups excluding carboxylic acids is 1. The van der Waals surface area contributed by atoms with Crippen LogP contribution in [0.5, 0.6) is 0 Å². The van der Waals surface area contributed by atoms with E-state index in [2.05, 4.69) is 27.4 Å². The van der Waals surface area contributed by atoms with Gasteiger partial charge >= 0.3 is 0 Å². The van der Waals surface area contributed by atoms with Crippen molar-refractivity contribution in [1.29, 1.82) is 0 Å². The number of nitrogens with zero attached hydrogens (tertiary/aromatic N) is 1. The van der Waals surface area contributed by atoms with Crippen molar-refractivity contribution in [1.82, 2.24) is 4.90 Å². The van der Waals surface area contributed by atoms with Gasteiger partial charge in [0.1, 0.15) is 0 Å². The van der Waals surface area contributed by atoms with E-state index < -0.39 is 0 Å². The minimum Gasteiger partial charge on any atom is -0.331 e. The van der Waals surface area contributed by atoms with Crippen molar-refractivity contribution in [3.63, 3.8) is 0 Å². The topological polar surface area (TPSA) is 20.3 Å². The monoisotopic (exact) mass is 369 g/mol. The third-order valence-electron chi connectivity index (χ3n) is 3.54. The molecule has 2 nitrogen and oxygen atoms in total. The molecule has 104 valence electrons. The van der Waals surface area contributed by atoms with Gasteiger partial charge in [-0.1, -0.05) is 33.6 Å². The average Bonchev–Trinajstić information content (AvgIpc) is 3.10. The summed E-state index contributed by atoms with van der Waals surface area (Å²) in [5, 5.41) is 2.57. The molecule has 1 aromatic heterocycles. The maximum absolute atomic E-state index is 12.8. The van der Waals surface area contributed by atoms with Crippen LogP contribution in [-0.2, 0) is 0 Å². The largest absolute Gasteiger partial charge is 0.331 e. The number of likely N-dealkylation sites (tertiary alicyclic amines) is 1. The van der Waals surface area contributed by atoms with Gasteiger partial charge in [0, 0.05) is 15.9 Å². The Hall–Kier alpha value is -0.840. The zero-order chi connectivity index (χ0) is 14.1. The zero-order valence-corrected chi connectivity index (χ0v) is 13.8. The SMILES string of the molecule is O=C(c1cc(Br)ccc1Cl)N1CCC[C@@H]1c1cccs1. The second kappa shape index (κ2) is 5.88. The highest BCUT2D eigenvalue weighted by atomic mass is 79.9. The van der Waals surface area contributed by atoms with Crippen molar-refractivity contribution >= 4 is 44.8 Å². The predicted octanol–water partition coefficient (Wildman–Crippen LogP) is 5.14. The number of rotatable bonds is 2. The molecule has 0 aliphatic carbocycles. The molecule has 5 heteroatoms. The second-order valence-corrected chi connectivity index (χ2v) is 7.10. The van der Waals surface area contributed by atoms with Crippen molar-refractivity contribution in [2.75, 3.05) is 6.54 Å². The number of carbonyl (C=O) groups is 1. The zero-order valence-electron chi connectivity index (χ0n) is 10.7. The van der Waals surface area contributed by atoms with Crippen molar-refractivity contribution in [2.45, 2.75) is 18.9 Å². The first-order valence-corrected chi connectivity index (χ1v) is 8.51. The molecule has 1 aromatic carbocycles. The lowest BCUT2D eigenvalue weighted by molar-refractivity contribution is 0.0738. The van der Waals surface area contributed by atoms with Crippen LogP contribution >= 0.6 is 38.9 Å². The van der Waals surface area contributed by atoms with Crippen LogP contribution in [0.3, 0.4) is 0 Å². The third-order valence-corrected chi connectivity index (χ3v) is 5.34. The maximum Gasteiger partial charge on any atom is 0.255 e. The van der Waals surface area contributed by atoms with Gasteiger partial charge in [-0.25, -0.2) is 0 Å².